The van der Waals surface area contributed by atoms with Crippen LogP contribution in [0.4, 0.5) is 18.9 Å². The van der Waals surface area contributed by atoms with Crippen LogP contribution < -0.4 is 14.2 Å². The van der Waals surface area contributed by atoms with Crippen molar-refractivity contribution in [1.82, 2.24) is 4.98 Å². The summed E-state index contributed by atoms with van der Waals surface area (Å²) in [7, 11) is -0.698. The average Bonchev–Trinajstić information content (AvgIpc) is 3.27. The topological polar surface area (TPSA) is 115 Å². The summed E-state index contributed by atoms with van der Waals surface area (Å²) in [5.41, 5.74) is 2.86. The maximum absolute atomic E-state index is 13.0. The predicted octanol–water partition coefficient (Wildman–Crippen LogP) is 6.38. The van der Waals surface area contributed by atoms with Crippen molar-refractivity contribution < 1.29 is 41.0 Å². The zero-order valence-electron chi connectivity index (χ0n) is 20.0. The first-order valence-corrected chi connectivity index (χ1v) is 13.2. The maximum Gasteiger partial charge on any atom is 0.490 e. The summed E-state index contributed by atoms with van der Waals surface area (Å²) in [5, 5.41) is 10.1. The molecule has 0 aliphatic rings. The smallest absolute Gasteiger partial charge is 0.490 e. The van der Waals surface area contributed by atoms with E-state index in [4.69, 9.17) is 31.0 Å². The second-order valence-corrected chi connectivity index (χ2v) is 10.6. The fourth-order valence-corrected chi connectivity index (χ4v) is 5.68. The Labute approximate surface area is 224 Å². The molecule has 0 atom stereocenters. The van der Waals surface area contributed by atoms with E-state index in [-0.39, 0.29) is 4.90 Å². The van der Waals surface area contributed by atoms with Crippen molar-refractivity contribution in [3.05, 3.63) is 64.6 Å². The highest BCUT2D eigenvalue weighted by molar-refractivity contribution is 7.92. The summed E-state index contributed by atoms with van der Waals surface area (Å²) in [6.45, 7) is 1.83. The minimum atomic E-state index is -5.08. The van der Waals surface area contributed by atoms with Gasteiger partial charge in [0.05, 0.1) is 24.8 Å². The highest BCUT2D eigenvalue weighted by Crippen LogP contribution is 2.41. The average molecular weight is 589 g/mol. The Bertz CT molecular complexity index is 1590. The number of pyridine rings is 1. The number of carbonyl (C=O) groups is 1. The molecule has 0 bridgehead atoms. The number of ether oxygens (including phenoxy) is 2. The van der Waals surface area contributed by atoms with Gasteiger partial charge in [0, 0.05) is 27.0 Å². The summed E-state index contributed by atoms with van der Waals surface area (Å²) in [6, 6.07) is 13.4. The van der Waals surface area contributed by atoms with Crippen molar-refractivity contribution in [2.24, 2.45) is 0 Å². The van der Waals surface area contributed by atoms with Gasteiger partial charge in [0.15, 0.2) is 11.5 Å². The third kappa shape index (κ3) is 6.65. The van der Waals surface area contributed by atoms with E-state index < -0.39 is 22.2 Å². The standard InChI is InChI=1S/C22H19ClN2O4S2.C2HF3O2/c1-13-9-18(25-31(26,27)16-6-4-5-15(23)11-16)21-17(12-30-22(21)24-13)14-7-8-19(28-2)20(10-14)29-3;3-2(4,5)1(6)7/h4-12H,1-3H3,(H,24,25);(H,6,7). The molecule has 0 radical (unpaired) electrons. The number of sulfonamides is 1. The van der Waals surface area contributed by atoms with E-state index in [9.17, 15) is 21.6 Å². The minimum absolute atomic E-state index is 0.0884. The van der Waals surface area contributed by atoms with E-state index >= 15 is 0 Å². The van der Waals surface area contributed by atoms with Gasteiger partial charge in [-0.05, 0) is 48.9 Å². The SMILES string of the molecule is COc1ccc(-c2csc3nc(C)cc(NS(=O)(=O)c4cccc(Cl)c4)c23)cc1OC.O=C(O)C(F)(F)F. The van der Waals surface area contributed by atoms with Crippen LogP contribution in [0.15, 0.2) is 58.8 Å². The number of benzene rings is 2. The first kappa shape index (κ1) is 29.0. The monoisotopic (exact) mass is 588 g/mol. The number of aryl methyl sites for hydroxylation is 1. The van der Waals surface area contributed by atoms with Gasteiger partial charge in [0.2, 0.25) is 0 Å². The Morgan fingerprint density at radius 3 is 2.32 bits per heavy atom. The lowest BCUT2D eigenvalue weighted by atomic mass is 10.0. The lowest BCUT2D eigenvalue weighted by Gasteiger charge is -2.13. The fourth-order valence-electron chi connectivity index (χ4n) is 3.30. The van der Waals surface area contributed by atoms with Gasteiger partial charge >= 0.3 is 12.1 Å². The number of alkyl halides is 3. The normalized spacial score (nSPS) is 11.4. The van der Waals surface area contributed by atoms with Gasteiger partial charge in [-0.1, -0.05) is 23.7 Å². The molecule has 0 aliphatic heterocycles. The first-order valence-electron chi connectivity index (χ1n) is 10.5. The van der Waals surface area contributed by atoms with E-state index in [1.165, 1.54) is 23.5 Å². The predicted molar refractivity (Wildman–Crippen MR) is 139 cm³/mol. The van der Waals surface area contributed by atoms with E-state index in [2.05, 4.69) is 9.71 Å². The van der Waals surface area contributed by atoms with Gasteiger partial charge in [0.1, 0.15) is 4.83 Å². The molecule has 8 nitrogen and oxygen atoms in total. The molecule has 4 rings (SSSR count). The van der Waals surface area contributed by atoms with Crippen molar-refractivity contribution in [2.75, 3.05) is 18.9 Å². The zero-order valence-corrected chi connectivity index (χ0v) is 22.3. The number of fused-ring (bicyclic) bond motifs is 1. The summed E-state index contributed by atoms with van der Waals surface area (Å²) in [6.07, 6.45) is -5.08. The maximum atomic E-state index is 13.0. The molecule has 2 aromatic carbocycles. The van der Waals surface area contributed by atoms with E-state index in [0.717, 1.165) is 16.0 Å². The number of nitrogens with zero attached hydrogens (tertiary/aromatic N) is 1. The van der Waals surface area contributed by atoms with Gasteiger partial charge in [-0.15, -0.1) is 11.3 Å². The number of nitrogens with one attached hydrogen (secondary N) is 1. The number of anilines is 1. The summed E-state index contributed by atoms with van der Waals surface area (Å²) >= 11 is 7.44. The van der Waals surface area contributed by atoms with Gasteiger partial charge in [-0.3, -0.25) is 4.72 Å². The fraction of sp³-hybridized carbons (Fsp3) is 0.167. The highest BCUT2D eigenvalue weighted by atomic mass is 35.5. The molecule has 202 valence electrons. The molecule has 0 amide bonds. The first-order chi connectivity index (χ1) is 17.8. The number of rotatable bonds is 6. The largest absolute Gasteiger partial charge is 0.493 e. The number of hydrogen-bond donors (Lipinski definition) is 2. The Morgan fingerprint density at radius 2 is 1.74 bits per heavy atom. The van der Waals surface area contributed by atoms with Gasteiger partial charge in [-0.25, -0.2) is 18.2 Å². The van der Waals surface area contributed by atoms with Crippen LogP contribution in [0.3, 0.4) is 0 Å². The van der Waals surface area contributed by atoms with E-state index in [0.29, 0.717) is 33.3 Å². The number of carboxylic acids is 1. The van der Waals surface area contributed by atoms with Gasteiger partial charge in [-0.2, -0.15) is 13.2 Å². The Kier molecular flexibility index (Phi) is 8.75. The van der Waals surface area contributed by atoms with Crippen molar-refractivity contribution in [2.45, 2.75) is 18.0 Å². The molecule has 0 saturated heterocycles. The third-order valence-corrected chi connectivity index (χ3v) is 7.43. The molecule has 0 fully saturated rings. The molecular formula is C24H20ClF3N2O6S2. The summed E-state index contributed by atoms with van der Waals surface area (Å²) < 4.78 is 71.3. The third-order valence-electron chi connectivity index (χ3n) is 4.96. The Hall–Kier alpha value is -3.55. The van der Waals surface area contributed by atoms with Crippen LogP contribution in [-0.4, -0.2) is 44.9 Å². The number of methoxy groups -OCH3 is 2. The Morgan fingerprint density at radius 1 is 1.08 bits per heavy atom. The van der Waals surface area contributed by atoms with Crippen LogP contribution in [0.5, 0.6) is 11.5 Å². The van der Waals surface area contributed by atoms with Crippen LogP contribution in [0, 0.1) is 6.92 Å². The van der Waals surface area contributed by atoms with Crippen molar-refractivity contribution >= 4 is 54.8 Å². The molecule has 0 spiro atoms. The van der Waals surface area contributed by atoms with Crippen LogP contribution >= 0.6 is 22.9 Å². The van der Waals surface area contributed by atoms with Crippen molar-refractivity contribution in [3.63, 3.8) is 0 Å². The van der Waals surface area contributed by atoms with Gasteiger partial charge in [0.25, 0.3) is 10.0 Å². The van der Waals surface area contributed by atoms with Gasteiger partial charge < -0.3 is 14.6 Å². The van der Waals surface area contributed by atoms with Crippen LogP contribution in [-0.2, 0) is 14.8 Å². The lowest BCUT2D eigenvalue weighted by molar-refractivity contribution is -0.192. The summed E-state index contributed by atoms with van der Waals surface area (Å²) in [5.74, 6) is -1.56. The number of hydrogen-bond acceptors (Lipinski definition) is 7. The molecule has 14 heteroatoms. The summed E-state index contributed by atoms with van der Waals surface area (Å²) in [4.78, 5) is 14.3. The molecule has 2 aromatic heterocycles. The highest BCUT2D eigenvalue weighted by Gasteiger charge is 2.38. The molecule has 4 aromatic rings. The molecule has 2 heterocycles. The van der Waals surface area contributed by atoms with Crippen LogP contribution in [0.25, 0.3) is 21.3 Å². The van der Waals surface area contributed by atoms with Crippen molar-refractivity contribution in [1.29, 1.82) is 0 Å². The van der Waals surface area contributed by atoms with E-state index in [1.807, 2.05) is 30.5 Å². The molecule has 38 heavy (non-hydrogen) atoms. The number of halogens is 4. The molecule has 0 unspecified atom stereocenters. The number of thiophene rings is 1. The lowest BCUT2D eigenvalue weighted by Crippen LogP contribution is -2.21. The molecular weight excluding hydrogens is 569 g/mol. The van der Waals surface area contributed by atoms with Crippen LogP contribution in [0.1, 0.15) is 5.69 Å². The second kappa shape index (κ2) is 11.5. The number of aromatic nitrogens is 1. The quantitative estimate of drug-likeness (QED) is 0.269. The zero-order chi connectivity index (χ0) is 28.3. The molecule has 0 aliphatic carbocycles. The second-order valence-electron chi connectivity index (χ2n) is 7.58. The minimum Gasteiger partial charge on any atom is -0.493 e. The molecule has 0 saturated carbocycles. The van der Waals surface area contributed by atoms with E-state index in [1.54, 1.807) is 32.4 Å². The molecule has 2 N–H and O–H groups in total. The van der Waals surface area contributed by atoms with Crippen molar-refractivity contribution in [3.8, 4) is 22.6 Å². The number of aliphatic carboxylic acids is 1. The Balaban J connectivity index is 0.000000505. The number of carboxylic acid groups (broad SMARTS) is 1. The van der Waals surface area contributed by atoms with Crippen LogP contribution in [0.2, 0.25) is 5.02 Å².